The molecule has 0 amide bonds. The Bertz CT molecular complexity index is 342. The molecule has 0 saturated carbocycles. The summed E-state index contributed by atoms with van der Waals surface area (Å²) in [5, 5.41) is 3.20. The van der Waals surface area contributed by atoms with Crippen LogP contribution in [0.15, 0.2) is 24.4 Å². The van der Waals surface area contributed by atoms with Gasteiger partial charge in [-0.05, 0) is 23.9 Å². The highest BCUT2D eigenvalue weighted by Gasteiger charge is 2.09. The van der Waals surface area contributed by atoms with Crippen LogP contribution in [0.25, 0.3) is 6.08 Å². The Kier molecular flexibility index (Phi) is 1.97. The zero-order valence-corrected chi connectivity index (χ0v) is 8.04. The summed E-state index contributed by atoms with van der Waals surface area (Å²) in [6.45, 7) is 1.00. The zero-order valence-electron chi connectivity index (χ0n) is 8.04. The Hall–Kier alpha value is -1.44. The van der Waals surface area contributed by atoms with Gasteiger partial charge in [0.1, 0.15) is 0 Å². The average Bonchev–Trinajstić information content (AvgIpc) is 2.16. The van der Waals surface area contributed by atoms with Crippen LogP contribution in [0.3, 0.4) is 0 Å². The van der Waals surface area contributed by atoms with E-state index in [2.05, 4.69) is 47.7 Å². The Balaban J connectivity index is 2.49. The highest BCUT2D eigenvalue weighted by molar-refractivity contribution is 5.70. The topological polar surface area (TPSA) is 15.3 Å². The summed E-state index contributed by atoms with van der Waals surface area (Å²) in [4.78, 5) is 2.18. The fourth-order valence-electron chi connectivity index (χ4n) is 1.69. The normalized spacial score (nSPS) is 14.2. The number of rotatable bonds is 1. The van der Waals surface area contributed by atoms with Gasteiger partial charge in [0.25, 0.3) is 0 Å². The molecule has 0 unspecified atom stereocenters. The molecule has 0 fully saturated rings. The highest BCUT2D eigenvalue weighted by Crippen LogP contribution is 2.25. The van der Waals surface area contributed by atoms with E-state index in [1.165, 1.54) is 16.8 Å². The minimum absolute atomic E-state index is 1.00. The van der Waals surface area contributed by atoms with Gasteiger partial charge in [0.05, 0.1) is 0 Å². The fourth-order valence-corrected chi connectivity index (χ4v) is 1.69. The first kappa shape index (κ1) is 8.17. The Labute approximate surface area is 78.9 Å². The maximum Gasteiger partial charge on any atom is 0.0427 e. The summed E-state index contributed by atoms with van der Waals surface area (Å²) >= 11 is 0. The van der Waals surface area contributed by atoms with E-state index in [4.69, 9.17) is 0 Å². The minimum Gasteiger partial charge on any atom is -0.388 e. The summed E-state index contributed by atoms with van der Waals surface area (Å²) in [7, 11) is 4.05. The van der Waals surface area contributed by atoms with Crippen molar-refractivity contribution in [3.63, 3.8) is 0 Å². The molecule has 0 aliphatic carbocycles. The second kappa shape index (κ2) is 3.13. The smallest absolute Gasteiger partial charge is 0.0427 e. The van der Waals surface area contributed by atoms with E-state index >= 15 is 0 Å². The van der Waals surface area contributed by atoms with Crippen molar-refractivity contribution in [3.8, 4) is 0 Å². The van der Waals surface area contributed by atoms with Crippen LogP contribution in [0.4, 0.5) is 5.69 Å². The molecule has 0 bridgehead atoms. The number of hydrogen-bond donors (Lipinski definition) is 1. The van der Waals surface area contributed by atoms with Gasteiger partial charge in [-0.1, -0.05) is 12.1 Å². The molecule has 68 valence electrons. The molecule has 1 aromatic rings. The monoisotopic (exact) mass is 174 g/mol. The lowest BCUT2D eigenvalue weighted by Gasteiger charge is -2.22. The number of nitrogens with zero attached hydrogens (tertiary/aromatic N) is 1. The number of nitrogens with one attached hydrogen (secondary N) is 1. The van der Waals surface area contributed by atoms with Crippen molar-refractivity contribution < 1.29 is 0 Å². The van der Waals surface area contributed by atoms with Crippen molar-refractivity contribution in [2.75, 3.05) is 19.4 Å². The second-order valence-corrected chi connectivity index (χ2v) is 3.36. The molecule has 1 aliphatic rings. The van der Waals surface area contributed by atoms with E-state index in [0.29, 0.717) is 0 Å². The predicted molar refractivity (Wildman–Crippen MR) is 56.5 cm³/mol. The van der Waals surface area contributed by atoms with Gasteiger partial charge >= 0.3 is 0 Å². The molecule has 0 spiro atoms. The van der Waals surface area contributed by atoms with Crippen molar-refractivity contribution in [2.24, 2.45) is 0 Å². The number of fused-ring (bicyclic) bond motifs is 1. The quantitative estimate of drug-likeness (QED) is 0.701. The summed E-state index contributed by atoms with van der Waals surface area (Å²) in [6, 6.07) is 6.38. The van der Waals surface area contributed by atoms with Gasteiger partial charge in [-0.3, -0.25) is 0 Å². The summed E-state index contributed by atoms with van der Waals surface area (Å²) in [5.41, 5.74) is 3.92. The van der Waals surface area contributed by atoms with Gasteiger partial charge in [-0.15, -0.1) is 0 Å². The molecule has 13 heavy (non-hydrogen) atoms. The Morgan fingerprint density at radius 3 is 3.00 bits per heavy atom. The van der Waals surface area contributed by atoms with Crippen molar-refractivity contribution in [3.05, 3.63) is 35.5 Å². The lowest BCUT2D eigenvalue weighted by molar-refractivity contribution is 0.448. The van der Waals surface area contributed by atoms with Crippen LogP contribution in [0.1, 0.15) is 11.1 Å². The van der Waals surface area contributed by atoms with E-state index in [1.807, 2.05) is 7.05 Å². The molecule has 1 aliphatic heterocycles. The van der Waals surface area contributed by atoms with Gasteiger partial charge < -0.3 is 10.2 Å². The Morgan fingerprint density at radius 1 is 1.38 bits per heavy atom. The first-order valence-corrected chi connectivity index (χ1v) is 4.49. The third kappa shape index (κ3) is 1.39. The minimum atomic E-state index is 1.00. The number of anilines is 1. The van der Waals surface area contributed by atoms with Crippen molar-refractivity contribution in [1.82, 2.24) is 4.90 Å². The van der Waals surface area contributed by atoms with Crippen LogP contribution in [0.2, 0.25) is 0 Å². The largest absolute Gasteiger partial charge is 0.388 e. The van der Waals surface area contributed by atoms with Crippen LogP contribution in [0.5, 0.6) is 0 Å². The summed E-state index contributed by atoms with van der Waals surface area (Å²) in [5.74, 6) is 0. The highest BCUT2D eigenvalue weighted by atomic mass is 15.1. The fraction of sp³-hybridized carbons (Fsp3) is 0.273. The summed E-state index contributed by atoms with van der Waals surface area (Å²) in [6.07, 6.45) is 4.27. The molecule has 2 rings (SSSR count). The van der Waals surface area contributed by atoms with E-state index in [0.717, 1.165) is 6.54 Å². The maximum absolute atomic E-state index is 3.20. The molecule has 1 heterocycles. The van der Waals surface area contributed by atoms with Crippen molar-refractivity contribution in [2.45, 2.75) is 6.54 Å². The van der Waals surface area contributed by atoms with E-state index < -0.39 is 0 Å². The number of benzene rings is 1. The molecule has 1 aromatic carbocycles. The molecular formula is C11H14N2. The SMILES string of the molecule is CNc1cccc2c1C=CN(C)C2. The van der Waals surface area contributed by atoms with Crippen LogP contribution < -0.4 is 5.32 Å². The molecule has 0 atom stereocenters. The molecule has 0 aromatic heterocycles. The van der Waals surface area contributed by atoms with Crippen LogP contribution in [-0.2, 0) is 6.54 Å². The van der Waals surface area contributed by atoms with Gasteiger partial charge in [0, 0.05) is 31.9 Å². The van der Waals surface area contributed by atoms with E-state index in [-0.39, 0.29) is 0 Å². The number of hydrogen-bond acceptors (Lipinski definition) is 2. The van der Waals surface area contributed by atoms with Gasteiger partial charge in [0.2, 0.25) is 0 Å². The zero-order chi connectivity index (χ0) is 9.26. The molecule has 2 nitrogen and oxygen atoms in total. The van der Waals surface area contributed by atoms with Gasteiger partial charge in [-0.25, -0.2) is 0 Å². The molecule has 0 saturated heterocycles. The predicted octanol–water partition coefficient (Wildman–Crippen LogP) is 2.14. The molecular weight excluding hydrogens is 160 g/mol. The van der Waals surface area contributed by atoms with Crippen molar-refractivity contribution in [1.29, 1.82) is 0 Å². The van der Waals surface area contributed by atoms with E-state index in [1.54, 1.807) is 0 Å². The van der Waals surface area contributed by atoms with Gasteiger partial charge in [0.15, 0.2) is 0 Å². The molecule has 1 N–H and O–H groups in total. The van der Waals surface area contributed by atoms with Crippen LogP contribution in [-0.4, -0.2) is 19.0 Å². The third-order valence-electron chi connectivity index (χ3n) is 2.38. The Morgan fingerprint density at radius 2 is 2.23 bits per heavy atom. The lowest BCUT2D eigenvalue weighted by atomic mass is 10.0. The third-order valence-corrected chi connectivity index (χ3v) is 2.38. The summed E-state index contributed by atoms with van der Waals surface area (Å²) < 4.78 is 0. The molecule has 0 radical (unpaired) electrons. The van der Waals surface area contributed by atoms with Gasteiger partial charge in [-0.2, -0.15) is 0 Å². The maximum atomic E-state index is 3.20. The second-order valence-electron chi connectivity index (χ2n) is 3.36. The average molecular weight is 174 g/mol. The first-order valence-electron chi connectivity index (χ1n) is 4.49. The van der Waals surface area contributed by atoms with E-state index in [9.17, 15) is 0 Å². The van der Waals surface area contributed by atoms with Crippen LogP contribution in [0, 0.1) is 0 Å². The standard InChI is InChI=1S/C11H14N2/c1-12-11-5-3-4-9-8-13(2)7-6-10(9)11/h3-7,12H,8H2,1-2H3. The lowest BCUT2D eigenvalue weighted by Crippen LogP contribution is -2.15. The van der Waals surface area contributed by atoms with Crippen LogP contribution >= 0.6 is 0 Å². The van der Waals surface area contributed by atoms with Crippen molar-refractivity contribution >= 4 is 11.8 Å². The first-order chi connectivity index (χ1) is 6.31. The molecule has 2 heteroatoms.